The zero-order chi connectivity index (χ0) is 14.9. The van der Waals surface area contributed by atoms with E-state index in [2.05, 4.69) is 59.8 Å². The molecule has 1 heterocycles. The second-order valence-electron chi connectivity index (χ2n) is 5.12. The lowest BCUT2D eigenvalue weighted by Crippen LogP contribution is -2.24. The number of aromatic nitrogens is 1. The van der Waals surface area contributed by atoms with Gasteiger partial charge in [-0.25, -0.2) is 4.98 Å². The molecule has 1 aromatic heterocycles. The van der Waals surface area contributed by atoms with Crippen LogP contribution >= 0.6 is 11.3 Å². The molecule has 0 spiro atoms. The molecule has 3 nitrogen and oxygen atoms in total. The Bertz CT molecular complexity index is 510. The van der Waals surface area contributed by atoms with Gasteiger partial charge in [0, 0.05) is 24.2 Å². The number of nitrogens with one attached hydrogen (secondary N) is 1. The summed E-state index contributed by atoms with van der Waals surface area (Å²) >= 11 is 1.75. The van der Waals surface area contributed by atoms with E-state index >= 15 is 0 Å². The number of para-hydroxylation sites is 1. The molecule has 2 aromatic rings. The van der Waals surface area contributed by atoms with Crippen LogP contribution in [0.5, 0.6) is 0 Å². The molecule has 114 valence electrons. The van der Waals surface area contributed by atoms with Gasteiger partial charge in [0.15, 0.2) is 0 Å². The maximum atomic E-state index is 4.74. The summed E-state index contributed by atoms with van der Waals surface area (Å²) in [7, 11) is 0. The number of thiazole rings is 1. The fourth-order valence-corrected chi connectivity index (χ4v) is 2.97. The Kier molecular flexibility index (Phi) is 6.70. The first-order chi connectivity index (χ1) is 10.3. The molecule has 0 radical (unpaired) electrons. The van der Waals surface area contributed by atoms with Crippen LogP contribution in [0.1, 0.15) is 37.4 Å². The summed E-state index contributed by atoms with van der Waals surface area (Å²) in [4.78, 5) is 7.16. The molecule has 4 heteroatoms. The summed E-state index contributed by atoms with van der Waals surface area (Å²) < 4.78 is 0. The van der Waals surface area contributed by atoms with Gasteiger partial charge in [0.2, 0.25) is 0 Å². The summed E-state index contributed by atoms with van der Waals surface area (Å²) in [5, 5.41) is 6.70. The van der Waals surface area contributed by atoms with Gasteiger partial charge in [0.1, 0.15) is 5.01 Å². The second kappa shape index (κ2) is 8.80. The Morgan fingerprint density at radius 2 is 2.00 bits per heavy atom. The van der Waals surface area contributed by atoms with Crippen molar-refractivity contribution >= 4 is 17.0 Å². The van der Waals surface area contributed by atoms with Gasteiger partial charge in [0.25, 0.3) is 0 Å². The lowest BCUT2D eigenvalue weighted by atomic mass is 10.2. The zero-order valence-electron chi connectivity index (χ0n) is 13.0. The molecule has 1 aromatic carbocycles. The van der Waals surface area contributed by atoms with Crippen LogP contribution in [0.25, 0.3) is 0 Å². The first-order valence-corrected chi connectivity index (χ1v) is 8.65. The van der Waals surface area contributed by atoms with Crippen molar-refractivity contribution in [1.29, 1.82) is 0 Å². The van der Waals surface area contributed by atoms with Crippen LogP contribution < -0.4 is 10.2 Å². The molecule has 21 heavy (non-hydrogen) atoms. The maximum Gasteiger partial charge on any atom is 0.107 e. The highest BCUT2D eigenvalue weighted by molar-refractivity contribution is 7.09. The highest BCUT2D eigenvalue weighted by Gasteiger charge is 2.09. The second-order valence-corrected chi connectivity index (χ2v) is 6.07. The third-order valence-corrected chi connectivity index (χ3v) is 4.28. The van der Waals surface area contributed by atoms with Gasteiger partial charge in [-0.15, -0.1) is 11.3 Å². The van der Waals surface area contributed by atoms with Gasteiger partial charge in [-0.1, -0.05) is 38.5 Å². The fourth-order valence-electron chi connectivity index (χ4n) is 2.22. The summed E-state index contributed by atoms with van der Waals surface area (Å²) in [6.07, 6.45) is 2.43. The highest BCUT2D eigenvalue weighted by Crippen LogP contribution is 2.19. The normalized spacial score (nSPS) is 10.8. The predicted molar refractivity (Wildman–Crippen MR) is 91.9 cm³/mol. The Morgan fingerprint density at radius 3 is 2.71 bits per heavy atom. The van der Waals surface area contributed by atoms with E-state index in [1.807, 2.05) is 0 Å². The monoisotopic (exact) mass is 303 g/mol. The first-order valence-electron chi connectivity index (χ1n) is 7.77. The number of rotatable bonds is 9. The standard InChI is InChI=1S/C17H25N3S/c1-3-5-11-20(16-9-7-6-8-10-16)13-15-14-21-17(19-15)12-18-4-2/h6-10,14,18H,3-5,11-13H2,1-2H3. The van der Waals surface area contributed by atoms with Crippen molar-refractivity contribution in [2.45, 2.75) is 39.8 Å². The Labute approximate surface area is 132 Å². The Morgan fingerprint density at radius 1 is 1.19 bits per heavy atom. The van der Waals surface area contributed by atoms with Crippen molar-refractivity contribution in [3.05, 3.63) is 46.4 Å². The van der Waals surface area contributed by atoms with Gasteiger partial charge in [0.05, 0.1) is 12.2 Å². The maximum absolute atomic E-state index is 4.74. The number of unbranched alkanes of at least 4 members (excludes halogenated alkanes) is 1. The lowest BCUT2D eigenvalue weighted by Gasteiger charge is -2.23. The van der Waals surface area contributed by atoms with Crippen molar-refractivity contribution in [1.82, 2.24) is 10.3 Å². The minimum absolute atomic E-state index is 0.876. The predicted octanol–water partition coefficient (Wildman–Crippen LogP) is 4.06. The minimum atomic E-state index is 0.876. The van der Waals surface area contributed by atoms with E-state index in [1.54, 1.807) is 11.3 Å². The third kappa shape index (κ3) is 5.14. The molecule has 2 rings (SSSR count). The number of benzene rings is 1. The van der Waals surface area contributed by atoms with Crippen LogP contribution in [-0.4, -0.2) is 18.1 Å². The molecule has 0 atom stereocenters. The number of hydrogen-bond acceptors (Lipinski definition) is 4. The van der Waals surface area contributed by atoms with E-state index in [-0.39, 0.29) is 0 Å². The molecular formula is C17H25N3S. The molecule has 0 bridgehead atoms. The van der Waals surface area contributed by atoms with Crippen LogP contribution in [0.4, 0.5) is 5.69 Å². The summed E-state index contributed by atoms with van der Waals surface area (Å²) in [5.41, 5.74) is 2.46. The van der Waals surface area contributed by atoms with Crippen molar-refractivity contribution in [3.8, 4) is 0 Å². The molecule has 0 aliphatic carbocycles. The minimum Gasteiger partial charge on any atom is -0.366 e. The number of hydrogen-bond donors (Lipinski definition) is 1. The topological polar surface area (TPSA) is 28.2 Å². The fraction of sp³-hybridized carbons (Fsp3) is 0.471. The van der Waals surface area contributed by atoms with Crippen LogP contribution in [0, 0.1) is 0 Å². The molecule has 0 aliphatic heterocycles. The van der Waals surface area contributed by atoms with Crippen LogP contribution in [0.2, 0.25) is 0 Å². The molecular weight excluding hydrogens is 278 g/mol. The molecule has 0 saturated carbocycles. The van der Waals surface area contributed by atoms with Gasteiger partial charge in [-0.3, -0.25) is 0 Å². The van der Waals surface area contributed by atoms with Crippen LogP contribution in [0.3, 0.4) is 0 Å². The van der Waals surface area contributed by atoms with Gasteiger partial charge in [-0.05, 0) is 25.1 Å². The van der Waals surface area contributed by atoms with Gasteiger partial charge < -0.3 is 10.2 Å². The average molecular weight is 303 g/mol. The molecule has 1 N–H and O–H groups in total. The molecule has 0 saturated heterocycles. The lowest BCUT2D eigenvalue weighted by molar-refractivity contribution is 0.698. The summed E-state index contributed by atoms with van der Waals surface area (Å²) in [6, 6.07) is 10.6. The summed E-state index contributed by atoms with van der Waals surface area (Å²) in [5.74, 6) is 0. The van der Waals surface area contributed by atoms with E-state index in [0.717, 1.165) is 26.2 Å². The van der Waals surface area contributed by atoms with Crippen molar-refractivity contribution < 1.29 is 0 Å². The quantitative estimate of drug-likeness (QED) is 0.757. The molecule has 0 unspecified atom stereocenters. The molecule has 0 fully saturated rings. The SMILES string of the molecule is CCCCN(Cc1csc(CNCC)n1)c1ccccc1. The molecule has 0 aliphatic rings. The van der Waals surface area contributed by atoms with E-state index in [4.69, 9.17) is 4.98 Å². The smallest absolute Gasteiger partial charge is 0.107 e. The van der Waals surface area contributed by atoms with E-state index in [0.29, 0.717) is 0 Å². The first kappa shape index (κ1) is 16.0. The Hall–Kier alpha value is -1.39. The number of nitrogens with zero attached hydrogens (tertiary/aromatic N) is 2. The third-order valence-electron chi connectivity index (χ3n) is 3.38. The summed E-state index contributed by atoms with van der Waals surface area (Å²) in [6.45, 7) is 8.20. The van der Waals surface area contributed by atoms with E-state index < -0.39 is 0 Å². The average Bonchev–Trinajstić information content (AvgIpc) is 2.97. The van der Waals surface area contributed by atoms with E-state index in [9.17, 15) is 0 Å². The highest BCUT2D eigenvalue weighted by atomic mass is 32.1. The van der Waals surface area contributed by atoms with Gasteiger partial charge >= 0.3 is 0 Å². The van der Waals surface area contributed by atoms with Crippen LogP contribution in [-0.2, 0) is 13.1 Å². The van der Waals surface area contributed by atoms with Crippen molar-refractivity contribution in [3.63, 3.8) is 0 Å². The van der Waals surface area contributed by atoms with Gasteiger partial charge in [-0.2, -0.15) is 0 Å². The van der Waals surface area contributed by atoms with Crippen LogP contribution in [0.15, 0.2) is 35.7 Å². The van der Waals surface area contributed by atoms with E-state index in [1.165, 1.54) is 29.2 Å². The Balaban J connectivity index is 2.02. The largest absolute Gasteiger partial charge is 0.366 e. The zero-order valence-corrected chi connectivity index (χ0v) is 13.8. The van der Waals surface area contributed by atoms with Crippen molar-refractivity contribution in [2.75, 3.05) is 18.0 Å². The number of anilines is 1. The molecule has 0 amide bonds. The van der Waals surface area contributed by atoms with Crippen molar-refractivity contribution in [2.24, 2.45) is 0 Å².